The second kappa shape index (κ2) is 10.4. The number of amides is 1. The summed E-state index contributed by atoms with van der Waals surface area (Å²) in [4.78, 5) is 34.6. The van der Waals surface area contributed by atoms with Crippen molar-refractivity contribution in [2.75, 3.05) is 44.7 Å². The fourth-order valence-electron chi connectivity index (χ4n) is 4.56. The van der Waals surface area contributed by atoms with Gasteiger partial charge in [0, 0.05) is 26.7 Å². The van der Waals surface area contributed by atoms with Crippen LogP contribution in [-0.2, 0) is 4.74 Å². The Morgan fingerprint density at radius 1 is 1.05 bits per heavy atom. The van der Waals surface area contributed by atoms with E-state index in [0.29, 0.717) is 23.1 Å². The van der Waals surface area contributed by atoms with E-state index in [9.17, 15) is 4.79 Å². The van der Waals surface area contributed by atoms with Crippen molar-refractivity contribution < 1.29 is 23.7 Å². The van der Waals surface area contributed by atoms with E-state index < -0.39 is 12.4 Å². The van der Waals surface area contributed by atoms with Crippen LogP contribution >= 0.6 is 11.3 Å². The molecule has 1 aliphatic rings. The number of carbonyl (C=O) groups excluding carboxylic acids is 1. The molecular formula is C29H28N6O5S. The molecule has 11 nitrogen and oxygen atoms in total. The van der Waals surface area contributed by atoms with E-state index in [1.807, 2.05) is 51.0 Å². The number of methoxy groups -OCH3 is 1. The van der Waals surface area contributed by atoms with Crippen molar-refractivity contribution in [3.05, 3.63) is 53.9 Å². The zero-order valence-corrected chi connectivity index (χ0v) is 24.3. The molecule has 1 atom stereocenters. The quantitative estimate of drug-likeness (QED) is 0.273. The molecule has 0 fully saturated rings. The van der Waals surface area contributed by atoms with Crippen molar-refractivity contribution in [2.24, 2.45) is 0 Å². The minimum atomic E-state index is -0.915. The maximum absolute atomic E-state index is 12.9. The van der Waals surface area contributed by atoms with Gasteiger partial charge in [-0.1, -0.05) is 0 Å². The number of aryl methyl sites for hydroxylation is 2. The fourth-order valence-corrected chi connectivity index (χ4v) is 5.71. The SMILES string of the molecule is COc1cnc2c(-c3nc4c(C)cc5c(c4s3)OCC(OC(=O)N(C)c3ccc(N(C)C)nc3)O5)cc(C)cc2n1. The maximum Gasteiger partial charge on any atom is 0.417 e. The molecule has 1 unspecified atom stereocenters. The van der Waals surface area contributed by atoms with Gasteiger partial charge in [0.2, 0.25) is 5.88 Å². The van der Waals surface area contributed by atoms with Crippen molar-refractivity contribution in [1.82, 2.24) is 19.9 Å². The number of carbonyl (C=O) groups is 1. The molecule has 4 heterocycles. The number of aromatic nitrogens is 4. The van der Waals surface area contributed by atoms with Gasteiger partial charge in [-0.3, -0.25) is 4.90 Å². The van der Waals surface area contributed by atoms with Crippen LogP contribution in [0.2, 0.25) is 0 Å². The first-order chi connectivity index (χ1) is 19.7. The minimum absolute atomic E-state index is 0.0361. The molecule has 5 aromatic rings. The van der Waals surface area contributed by atoms with Crippen LogP contribution in [0.25, 0.3) is 31.8 Å². The molecule has 0 bridgehead atoms. The fraction of sp³-hybridized carbons (Fsp3) is 0.276. The maximum atomic E-state index is 12.9. The van der Waals surface area contributed by atoms with Crippen LogP contribution in [0, 0.1) is 13.8 Å². The van der Waals surface area contributed by atoms with Crippen LogP contribution in [0.5, 0.6) is 17.4 Å². The van der Waals surface area contributed by atoms with Crippen molar-refractivity contribution in [2.45, 2.75) is 20.1 Å². The standard InChI is InChI=1S/C29H28N6O5S/c1-15-9-18(25-19(10-15)32-22(37-6)13-31-25)28-33-24-16(2)11-20-26(27(24)41-28)38-14-23(39-20)40-29(36)35(5)17-7-8-21(30-12-17)34(3)4/h7-13,23H,14H2,1-6H3. The van der Waals surface area contributed by atoms with E-state index in [-0.39, 0.29) is 6.61 Å². The predicted molar refractivity (Wildman–Crippen MR) is 158 cm³/mol. The first kappa shape index (κ1) is 26.5. The lowest BCUT2D eigenvalue weighted by Crippen LogP contribution is -2.38. The average molecular weight is 573 g/mol. The van der Waals surface area contributed by atoms with Crippen molar-refractivity contribution >= 4 is 50.2 Å². The van der Waals surface area contributed by atoms with E-state index in [1.165, 1.54) is 16.2 Å². The lowest BCUT2D eigenvalue weighted by Gasteiger charge is -2.28. The summed E-state index contributed by atoms with van der Waals surface area (Å²) in [5.74, 6) is 2.30. The number of anilines is 2. The number of ether oxygens (including phenoxy) is 4. The second-order valence-electron chi connectivity index (χ2n) is 9.88. The number of pyridine rings is 1. The van der Waals surface area contributed by atoms with Crippen LogP contribution in [0.3, 0.4) is 0 Å². The number of benzene rings is 2. The first-order valence-corrected chi connectivity index (χ1v) is 13.7. The molecule has 41 heavy (non-hydrogen) atoms. The van der Waals surface area contributed by atoms with Crippen LogP contribution in [0.1, 0.15) is 11.1 Å². The highest BCUT2D eigenvalue weighted by Gasteiger charge is 2.30. The largest absolute Gasteiger partial charge is 0.480 e. The number of hydrogen-bond donors (Lipinski definition) is 0. The number of fused-ring (bicyclic) bond motifs is 4. The molecule has 2 aromatic carbocycles. The highest BCUT2D eigenvalue weighted by Crippen LogP contribution is 2.46. The van der Waals surface area contributed by atoms with Gasteiger partial charge in [0.15, 0.2) is 18.1 Å². The summed E-state index contributed by atoms with van der Waals surface area (Å²) in [5, 5.41) is 0.789. The van der Waals surface area contributed by atoms with Crippen LogP contribution in [0.4, 0.5) is 16.3 Å². The summed E-state index contributed by atoms with van der Waals surface area (Å²) in [6, 6.07) is 9.51. The van der Waals surface area contributed by atoms with E-state index in [1.54, 1.807) is 32.6 Å². The molecule has 0 aliphatic carbocycles. The zero-order valence-electron chi connectivity index (χ0n) is 23.5. The lowest BCUT2D eigenvalue weighted by atomic mass is 10.1. The van der Waals surface area contributed by atoms with Crippen molar-refractivity contribution in [3.63, 3.8) is 0 Å². The van der Waals surface area contributed by atoms with Crippen LogP contribution in [0.15, 0.2) is 42.7 Å². The Morgan fingerprint density at radius 3 is 2.61 bits per heavy atom. The van der Waals surface area contributed by atoms with Crippen LogP contribution < -0.4 is 24.0 Å². The van der Waals surface area contributed by atoms with Crippen LogP contribution in [-0.4, -0.2) is 67.2 Å². The van der Waals surface area contributed by atoms with Gasteiger partial charge in [0.25, 0.3) is 6.29 Å². The first-order valence-electron chi connectivity index (χ1n) is 12.8. The van der Waals surface area contributed by atoms with Gasteiger partial charge < -0.3 is 23.8 Å². The molecule has 0 N–H and O–H groups in total. The summed E-state index contributed by atoms with van der Waals surface area (Å²) in [7, 11) is 6.99. The Hall–Kier alpha value is -4.71. The van der Waals surface area contributed by atoms with Gasteiger partial charge in [0.1, 0.15) is 15.5 Å². The van der Waals surface area contributed by atoms with Crippen molar-refractivity contribution in [1.29, 1.82) is 0 Å². The molecule has 6 rings (SSSR count). The van der Waals surface area contributed by atoms with Gasteiger partial charge in [-0.25, -0.2) is 24.7 Å². The third kappa shape index (κ3) is 4.91. The predicted octanol–water partition coefficient (Wildman–Crippen LogP) is 5.36. The number of rotatable bonds is 5. The smallest absolute Gasteiger partial charge is 0.417 e. The van der Waals surface area contributed by atoms with Gasteiger partial charge in [0.05, 0.1) is 41.7 Å². The molecule has 3 aromatic heterocycles. The molecule has 210 valence electrons. The Bertz CT molecular complexity index is 1790. The van der Waals surface area contributed by atoms with Crippen molar-refractivity contribution in [3.8, 4) is 28.0 Å². The summed E-state index contributed by atoms with van der Waals surface area (Å²) >= 11 is 1.49. The molecule has 0 spiro atoms. The van der Waals surface area contributed by atoms with E-state index in [4.69, 9.17) is 23.9 Å². The zero-order chi connectivity index (χ0) is 28.8. The highest BCUT2D eigenvalue weighted by molar-refractivity contribution is 7.22. The third-order valence-corrected chi connectivity index (χ3v) is 7.78. The molecule has 1 amide bonds. The highest BCUT2D eigenvalue weighted by atomic mass is 32.1. The third-order valence-electron chi connectivity index (χ3n) is 6.69. The number of hydrogen-bond acceptors (Lipinski definition) is 11. The van der Waals surface area contributed by atoms with Gasteiger partial charge in [-0.2, -0.15) is 0 Å². The second-order valence-corrected chi connectivity index (χ2v) is 10.9. The normalized spacial score (nSPS) is 14.2. The van der Waals surface area contributed by atoms with E-state index in [0.717, 1.165) is 48.8 Å². The average Bonchev–Trinajstić information content (AvgIpc) is 3.42. The van der Waals surface area contributed by atoms with Gasteiger partial charge in [-0.05, 0) is 55.3 Å². The topological polar surface area (TPSA) is 112 Å². The minimum Gasteiger partial charge on any atom is -0.480 e. The molecule has 0 radical (unpaired) electrons. The summed E-state index contributed by atoms with van der Waals surface area (Å²) in [6.45, 7) is 4.01. The van der Waals surface area contributed by atoms with Gasteiger partial charge >= 0.3 is 6.09 Å². The lowest BCUT2D eigenvalue weighted by molar-refractivity contribution is -0.0718. The Labute approximate surface area is 240 Å². The van der Waals surface area contributed by atoms with Gasteiger partial charge in [-0.15, -0.1) is 11.3 Å². The Balaban J connectivity index is 1.26. The summed E-state index contributed by atoms with van der Waals surface area (Å²) in [5.41, 5.74) is 5.70. The molecule has 1 aliphatic heterocycles. The molecule has 0 saturated heterocycles. The van der Waals surface area contributed by atoms with E-state index >= 15 is 0 Å². The Morgan fingerprint density at radius 2 is 1.88 bits per heavy atom. The Kier molecular flexibility index (Phi) is 6.70. The summed E-state index contributed by atoms with van der Waals surface area (Å²) < 4.78 is 23.9. The number of thiazole rings is 1. The monoisotopic (exact) mass is 572 g/mol. The summed E-state index contributed by atoms with van der Waals surface area (Å²) in [6.07, 6.45) is 1.72. The molecule has 12 heteroatoms. The molecule has 0 saturated carbocycles. The van der Waals surface area contributed by atoms with E-state index in [2.05, 4.69) is 21.0 Å². The molecular weight excluding hydrogens is 544 g/mol. The number of nitrogens with zero attached hydrogens (tertiary/aromatic N) is 6.